The average molecular weight is 331 g/mol. The topological polar surface area (TPSA) is 64.6 Å². The van der Waals surface area contributed by atoms with Crippen molar-refractivity contribution in [2.45, 2.75) is 44.9 Å². The predicted molar refractivity (Wildman–Crippen MR) is 97.7 cm³/mol. The van der Waals surface area contributed by atoms with Gasteiger partial charge in [-0.3, -0.25) is 0 Å². The Hall–Kier alpha value is -1.75. The minimum absolute atomic E-state index is 0.0719. The number of rotatable bonds is 5. The van der Waals surface area contributed by atoms with Gasteiger partial charge in [0.2, 0.25) is 0 Å². The lowest BCUT2D eigenvalue weighted by atomic mass is 9.72. The first-order valence-electron chi connectivity index (χ1n) is 9.12. The number of benzene rings is 1. The van der Waals surface area contributed by atoms with Gasteiger partial charge in [-0.05, 0) is 48.8 Å². The third-order valence-electron chi connectivity index (χ3n) is 5.65. The van der Waals surface area contributed by atoms with Gasteiger partial charge >= 0.3 is 6.03 Å². The summed E-state index contributed by atoms with van der Waals surface area (Å²) in [6.45, 7) is 1.87. The highest BCUT2D eigenvalue weighted by atomic mass is 16.3. The van der Waals surface area contributed by atoms with E-state index in [1.165, 1.54) is 30.5 Å². The number of amides is 2. The Morgan fingerprint density at radius 1 is 1.29 bits per heavy atom. The van der Waals surface area contributed by atoms with Crippen LogP contribution in [0, 0.1) is 5.41 Å². The average Bonchev–Trinajstić information content (AvgIpc) is 2.95. The van der Waals surface area contributed by atoms with Gasteiger partial charge in [-0.2, -0.15) is 0 Å². The van der Waals surface area contributed by atoms with E-state index in [0.717, 1.165) is 37.9 Å². The van der Waals surface area contributed by atoms with Crippen LogP contribution in [-0.2, 0) is 6.42 Å². The van der Waals surface area contributed by atoms with Crippen LogP contribution in [0.25, 0.3) is 0 Å². The van der Waals surface area contributed by atoms with Crippen molar-refractivity contribution in [2.75, 3.05) is 37.0 Å². The molecule has 2 amide bonds. The van der Waals surface area contributed by atoms with Crippen LogP contribution < -0.4 is 15.5 Å². The van der Waals surface area contributed by atoms with Crippen LogP contribution in [0.1, 0.15) is 44.1 Å². The first-order chi connectivity index (χ1) is 11.6. The number of carbonyl (C=O) groups excluding carboxylic acids is 1. The van der Waals surface area contributed by atoms with E-state index in [0.29, 0.717) is 6.54 Å². The maximum atomic E-state index is 12.3. The standard InChI is InChI=1S/C19H29N3O2/c1-22-11-7-15-5-6-16(13-17(15)22)21-18(24)20-14-19(10-12-23)8-3-2-4-9-19/h5-6,13,23H,2-4,7-12,14H2,1H3,(H2,20,21,24). The van der Waals surface area contributed by atoms with E-state index < -0.39 is 0 Å². The van der Waals surface area contributed by atoms with Crippen molar-refractivity contribution < 1.29 is 9.90 Å². The summed E-state index contributed by atoms with van der Waals surface area (Å²) in [6.07, 6.45) is 7.69. The van der Waals surface area contributed by atoms with Gasteiger partial charge in [0.05, 0.1) is 0 Å². The molecular weight excluding hydrogens is 302 g/mol. The normalized spacial score (nSPS) is 19.0. The fourth-order valence-electron chi connectivity index (χ4n) is 4.11. The molecule has 5 heteroatoms. The molecule has 1 saturated carbocycles. The van der Waals surface area contributed by atoms with Gasteiger partial charge in [0.1, 0.15) is 0 Å². The number of carbonyl (C=O) groups is 1. The molecule has 3 rings (SSSR count). The van der Waals surface area contributed by atoms with Crippen LogP contribution in [0.4, 0.5) is 16.2 Å². The highest BCUT2D eigenvalue weighted by molar-refractivity contribution is 5.90. The van der Waals surface area contributed by atoms with E-state index in [9.17, 15) is 9.90 Å². The quantitative estimate of drug-likeness (QED) is 0.777. The maximum absolute atomic E-state index is 12.3. The zero-order chi connectivity index (χ0) is 17.0. The number of fused-ring (bicyclic) bond motifs is 1. The molecule has 5 nitrogen and oxygen atoms in total. The number of hydrogen-bond acceptors (Lipinski definition) is 3. The molecule has 1 aliphatic carbocycles. The Kier molecular flexibility index (Phi) is 5.29. The summed E-state index contributed by atoms with van der Waals surface area (Å²) < 4.78 is 0. The second-order valence-corrected chi connectivity index (χ2v) is 7.36. The summed E-state index contributed by atoms with van der Waals surface area (Å²) in [7, 11) is 2.08. The zero-order valence-electron chi connectivity index (χ0n) is 14.6. The van der Waals surface area contributed by atoms with Crippen molar-refractivity contribution >= 4 is 17.4 Å². The van der Waals surface area contributed by atoms with Crippen molar-refractivity contribution in [3.8, 4) is 0 Å². The van der Waals surface area contributed by atoms with Crippen molar-refractivity contribution in [1.29, 1.82) is 0 Å². The lowest BCUT2D eigenvalue weighted by molar-refractivity contribution is 0.128. The van der Waals surface area contributed by atoms with E-state index >= 15 is 0 Å². The molecule has 2 aliphatic rings. The molecule has 3 N–H and O–H groups in total. The smallest absolute Gasteiger partial charge is 0.319 e. The van der Waals surface area contributed by atoms with Gasteiger partial charge < -0.3 is 20.6 Å². The largest absolute Gasteiger partial charge is 0.396 e. The van der Waals surface area contributed by atoms with Gasteiger partial charge in [-0.15, -0.1) is 0 Å². The highest BCUT2D eigenvalue weighted by Gasteiger charge is 2.31. The number of hydrogen-bond donors (Lipinski definition) is 3. The van der Waals surface area contributed by atoms with Crippen molar-refractivity contribution in [3.63, 3.8) is 0 Å². The van der Waals surface area contributed by atoms with E-state index in [-0.39, 0.29) is 18.1 Å². The molecule has 1 aromatic carbocycles. The maximum Gasteiger partial charge on any atom is 0.319 e. The fraction of sp³-hybridized carbons (Fsp3) is 0.632. The third kappa shape index (κ3) is 3.83. The van der Waals surface area contributed by atoms with Crippen LogP contribution in [0.3, 0.4) is 0 Å². The lowest BCUT2D eigenvalue weighted by Crippen LogP contribution is -2.41. The molecule has 1 heterocycles. The zero-order valence-corrected chi connectivity index (χ0v) is 14.6. The molecule has 24 heavy (non-hydrogen) atoms. The monoisotopic (exact) mass is 331 g/mol. The second-order valence-electron chi connectivity index (χ2n) is 7.36. The first kappa shape index (κ1) is 17.1. The number of nitrogens with zero attached hydrogens (tertiary/aromatic N) is 1. The predicted octanol–water partition coefficient (Wildman–Crippen LogP) is 3.13. The van der Waals surface area contributed by atoms with Crippen LogP contribution >= 0.6 is 0 Å². The Morgan fingerprint density at radius 2 is 2.08 bits per heavy atom. The van der Waals surface area contributed by atoms with E-state index in [2.05, 4.69) is 28.6 Å². The van der Waals surface area contributed by atoms with Gasteiger partial charge in [0.25, 0.3) is 0 Å². The number of aliphatic hydroxyl groups excluding tert-OH is 1. The number of likely N-dealkylation sites (N-methyl/N-ethyl adjacent to an activating group) is 1. The third-order valence-corrected chi connectivity index (χ3v) is 5.65. The Labute approximate surface area is 144 Å². The number of urea groups is 1. The summed E-state index contributed by atoms with van der Waals surface area (Å²) in [5, 5.41) is 15.3. The summed E-state index contributed by atoms with van der Waals surface area (Å²) >= 11 is 0. The number of nitrogens with one attached hydrogen (secondary N) is 2. The van der Waals surface area contributed by atoms with Gasteiger partial charge in [0.15, 0.2) is 0 Å². The van der Waals surface area contributed by atoms with Crippen LogP contribution in [-0.4, -0.2) is 37.9 Å². The molecule has 0 saturated heterocycles. The molecule has 0 bridgehead atoms. The molecule has 132 valence electrons. The first-order valence-corrected chi connectivity index (χ1v) is 9.12. The Bertz CT molecular complexity index is 576. The second kappa shape index (κ2) is 7.43. The summed E-state index contributed by atoms with van der Waals surface area (Å²) in [6, 6.07) is 5.97. The molecule has 1 aromatic rings. The molecule has 1 fully saturated rings. The summed E-state index contributed by atoms with van der Waals surface area (Å²) in [5.74, 6) is 0. The van der Waals surface area contributed by atoms with Gasteiger partial charge in [-0.1, -0.05) is 25.3 Å². The minimum atomic E-state index is -0.154. The minimum Gasteiger partial charge on any atom is -0.396 e. The molecule has 1 aliphatic heterocycles. The molecule has 0 aromatic heterocycles. The Balaban J connectivity index is 1.56. The fourth-order valence-corrected chi connectivity index (χ4v) is 4.11. The van der Waals surface area contributed by atoms with Gasteiger partial charge in [0, 0.05) is 38.1 Å². The summed E-state index contributed by atoms with van der Waals surface area (Å²) in [4.78, 5) is 14.5. The van der Waals surface area contributed by atoms with Crippen LogP contribution in [0.2, 0.25) is 0 Å². The number of anilines is 2. The highest BCUT2D eigenvalue weighted by Crippen LogP contribution is 2.38. The van der Waals surface area contributed by atoms with Crippen LogP contribution in [0.5, 0.6) is 0 Å². The molecule has 0 radical (unpaired) electrons. The molecule has 0 atom stereocenters. The Morgan fingerprint density at radius 3 is 2.83 bits per heavy atom. The van der Waals surface area contributed by atoms with E-state index in [4.69, 9.17) is 0 Å². The van der Waals surface area contributed by atoms with Crippen molar-refractivity contribution in [1.82, 2.24) is 5.32 Å². The van der Waals surface area contributed by atoms with Crippen LogP contribution in [0.15, 0.2) is 18.2 Å². The number of aliphatic hydroxyl groups is 1. The van der Waals surface area contributed by atoms with E-state index in [1.807, 2.05) is 12.1 Å². The SMILES string of the molecule is CN1CCc2ccc(NC(=O)NCC3(CCO)CCCCC3)cc21. The van der Waals surface area contributed by atoms with E-state index in [1.54, 1.807) is 0 Å². The molecular formula is C19H29N3O2. The van der Waals surface area contributed by atoms with Crippen molar-refractivity contribution in [2.24, 2.45) is 5.41 Å². The molecule has 0 unspecified atom stereocenters. The summed E-state index contributed by atoms with van der Waals surface area (Å²) in [5.41, 5.74) is 3.45. The van der Waals surface area contributed by atoms with Crippen molar-refractivity contribution in [3.05, 3.63) is 23.8 Å². The molecule has 0 spiro atoms. The van der Waals surface area contributed by atoms with Gasteiger partial charge in [-0.25, -0.2) is 4.79 Å². The lowest BCUT2D eigenvalue weighted by Gasteiger charge is -2.37.